The normalized spacial score (nSPS) is 12.2. The number of amides is 3. The van der Waals surface area contributed by atoms with Crippen molar-refractivity contribution in [1.29, 1.82) is 0 Å². The second-order valence-electron chi connectivity index (χ2n) is 7.20. The fourth-order valence-electron chi connectivity index (χ4n) is 2.57. The topological polar surface area (TPSA) is 61.4 Å². The van der Waals surface area contributed by atoms with Gasteiger partial charge in [0.05, 0.1) is 6.04 Å². The number of likely N-dealkylation sites (N-methyl/N-ethyl adjacent to an activating group) is 1. The Bertz CT molecular complexity index is 553. The minimum absolute atomic E-state index is 0.0585. The first-order chi connectivity index (χ1) is 11.8. The molecule has 0 saturated carbocycles. The van der Waals surface area contributed by atoms with E-state index < -0.39 is 0 Å². The van der Waals surface area contributed by atoms with Gasteiger partial charge in [-0.1, -0.05) is 58.9 Å². The molecule has 0 aliphatic rings. The average molecular weight is 348 g/mol. The summed E-state index contributed by atoms with van der Waals surface area (Å²) in [5.41, 5.74) is 2.36. The Balaban J connectivity index is 2.73. The highest BCUT2D eigenvalue weighted by Crippen LogP contribution is 2.24. The molecule has 1 aromatic carbocycles. The van der Waals surface area contributed by atoms with Gasteiger partial charge >= 0.3 is 6.03 Å². The van der Waals surface area contributed by atoms with Crippen molar-refractivity contribution in [3.05, 3.63) is 35.4 Å². The van der Waals surface area contributed by atoms with E-state index in [1.54, 1.807) is 7.05 Å². The molecule has 25 heavy (non-hydrogen) atoms. The largest absolute Gasteiger partial charge is 0.355 e. The van der Waals surface area contributed by atoms with Crippen molar-refractivity contribution < 1.29 is 9.59 Å². The van der Waals surface area contributed by atoms with E-state index in [2.05, 4.69) is 62.6 Å². The van der Waals surface area contributed by atoms with Gasteiger partial charge in [0.1, 0.15) is 6.54 Å². The van der Waals surface area contributed by atoms with Crippen molar-refractivity contribution in [3.8, 4) is 0 Å². The molecule has 0 aromatic heterocycles. The van der Waals surface area contributed by atoms with Crippen LogP contribution in [0.25, 0.3) is 0 Å². The summed E-state index contributed by atoms with van der Waals surface area (Å²) in [6, 6.07) is 8.06. The second kappa shape index (κ2) is 10.1. The SMILES string of the molecule is CCCNC(=O)CN(C)C(=O)NC(c1ccc(C(C)C)cc1)C(C)C. The van der Waals surface area contributed by atoms with E-state index >= 15 is 0 Å². The fraction of sp³-hybridized carbons (Fsp3) is 0.600. The number of hydrogen-bond donors (Lipinski definition) is 2. The van der Waals surface area contributed by atoms with Gasteiger partial charge in [-0.05, 0) is 29.4 Å². The van der Waals surface area contributed by atoms with Gasteiger partial charge in [-0.2, -0.15) is 0 Å². The lowest BCUT2D eigenvalue weighted by molar-refractivity contribution is -0.121. The minimum Gasteiger partial charge on any atom is -0.355 e. The Morgan fingerprint density at radius 2 is 1.60 bits per heavy atom. The van der Waals surface area contributed by atoms with Crippen LogP contribution in [0.5, 0.6) is 0 Å². The van der Waals surface area contributed by atoms with Gasteiger partial charge in [0.25, 0.3) is 0 Å². The molecule has 0 spiro atoms. The summed E-state index contributed by atoms with van der Waals surface area (Å²) in [4.78, 5) is 25.6. The molecular formula is C20H33N3O2. The predicted molar refractivity (Wildman–Crippen MR) is 103 cm³/mol. The third kappa shape index (κ3) is 6.77. The zero-order valence-corrected chi connectivity index (χ0v) is 16.4. The second-order valence-corrected chi connectivity index (χ2v) is 7.20. The first-order valence-electron chi connectivity index (χ1n) is 9.14. The van der Waals surface area contributed by atoms with E-state index in [9.17, 15) is 9.59 Å². The number of carbonyl (C=O) groups is 2. The third-order valence-corrected chi connectivity index (χ3v) is 4.21. The number of nitrogens with one attached hydrogen (secondary N) is 2. The van der Waals surface area contributed by atoms with Gasteiger partial charge in [-0.3, -0.25) is 4.79 Å². The van der Waals surface area contributed by atoms with Crippen LogP contribution in [0, 0.1) is 5.92 Å². The Hall–Kier alpha value is -2.04. The molecule has 2 N–H and O–H groups in total. The van der Waals surface area contributed by atoms with Crippen LogP contribution in [0.1, 0.15) is 64.1 Å². The van der Waals surface area contributed by atoms with Gasteiger partial charge in [0.15, 0.2) is 0 Å². The Morgan fingerprint density at radius 3 is 2.08 bits per heavy atom. The molecule has 1 atom stereocenters. The minimum atomic E-state index is -0.238. The highest BCUT2D eigenvalue weighted by molar-refractivity contribution is 5.84. The number of hydrogen-bond acceptors (Lipinski definition) is 2. The standard InChI is InChI=1S/C20H33N3O2/c1-7-12-21-18(24)13-23(6)20(25)22-19(15(4)5)17-10-8-16(9-11-17)14(2)3/h8-11,14-15,19H,7,12-13H2,1-6H3,(H,21,24)(H,22,25). The van der Waals surface area contributed by atoms with Crippen molar-refractivity contribution >= 4 is 11.9 Å². The van der Waals surface area contributed by atoms with Crippen molar-refractivity contribution in [2.75, 3.05) is 20.1 Å². The summed E-state index contributed by atoms with van der Waals surface area (Å²) in [7, 11) is 1.64. The third-order valence-electron chi connectivity index (χ3n) is 4.21. The highest BCUT2D eigenvalue weighted by Gasteiger charge is 2.21. The molecule has 140 valence electrons. The summed E-state index contributed by atoms with van der Waals surface area (Å²) >= 11 is 0. The molecule has 0 radical (unpaired) electrons. The van der Waals surface area contributed by atoms with Crippen LogP contribution in [0.4, 0.5) is 4.79 Å². The number of urea groups is 1. The van der Waals surface area contributed by atoms with E-state index in [4.69, 9.17) is 0 Å². The van der Waals surface area contributed by atoms with Gasteiger partial charge in [0, 0.05) is 13.6 Å². The maximum atomic E-state index is 12.5. The van der Waals surface area contributed by atoms with Crippen LogP contribution in [-0.4, -0.2) is 37.0 Å². The van der Waals surface area contributed by atoms with Crippen LogP contribution < -0.4 is 10.6 Å². The molecule has 0 aliphatic carbocycles. The maximum Gasteiger partial charge on any atom is 0.318 e. The van der Waals surface area contributed by atoms with Gasteiger partial charge in [-0.25, -0.2) is 4.79 Å². The highest BCUT2D eigenvalue weighted by atomic mass is 16.2. The number of rotatable bonds is 8. The lowest BCUT2D eigenvalue weighted by atomic mass is 9.93. The van der Waals surface area contributed by atoms with Crippen molar-refractivity contribution in [2.45, 2.75) is 53.0 Å². The summed E-state index contributed by atoms with van der Waals surface area (Å²) in [6.07, 6.45) is 0.878. The maximum absolute atomic E-state index is 12.5. The summed E-state index contributed by atoms with van der Waals surface area (Å²) in [6.45, 7) is 11.2. The van der Waals surface area contributed by atoms with E-state index in [0.29, 0.717) is 12.5 Å². The molecule has 0 heterocycles. The summed E-state index contributed by atoms with van der Waals surface area (Å²) in [5, 5.41) is 5.83. The monoisotopic (exact) mass is 347 g/mol. The number of carbonyl (C=O) groups excluding carboxylic acids is 2. The Kier molecular flexibility index (Phi) is 8.46. The van der Waals surface area contributed by atoms with Gasteiger partial charge < -0.3 is 15.5 Å². The average Bonchev–Trinajstić information content (AvgIpc) is 2.57. The van der Waals surface area contributed by atoms with Crippen LogP contribution >= 0.6 is 0 Å². The molecule has 1 unspecified atom stereocenters. The van der Waals surface area contributed by atoms with Gasteiger partial charge in [0.2, 0.25) is 5.91 Å². The van der Waals surface area contributed by atoms with Crippen LogP contribution in [0.2, 0.25) is 0 Å². The summed E-state index contributed by atoms with van der Waals surface area (Å²) in [5.74, 6) is 0.590. The zero-order valence-electron chi connectivity index (χ0n) is 16.4. The van der Waals surface area contributed by atoms with Crippen molar-refractivity contribution in [1.82, 2.24) is 15.5 Å². The molecule has 1 rings (SSSR count). The van der Waals surface area contributed by atoms with E-state index in [0.717, 1.165) is 12.0 Å². The first-order valence-corrected chi connectivity index (χ1v) is 9.14. The summed E-state index contributed by atoms with van der Waals surface area (Å²) < 4.78 is 0. The molecule has 5 nitrogen and oxygen atoms in total. The molecule has 5 heteroatoms. The Labute approximate surface area is 152 Å². The molecule has 0 bridgehead atoms. The van der Waals surface area contributed by atoms with Crippen LogP contribution in [0.3, 0.4) is 0 Å². The molecule has 0 aliphatic heterocycles. The van der Waals surface area contributed by atoms with E-state index in [1.165, 1.54) is 10.5 Å². The van der Waals surface area contributed by atoms with Gasteiger partial charge in [-0.15, -0.1) is 0 Å². The number of benzene rings is 1. The van der Waals surface area contributed by atoms with Crippen molar-refractivity contribution in [2.24, 2.45) is 5.92 Å². The first kappa shape index (κ1) is 21.0. The van der Waals surface area contributed by atoms with Crippen LogP contribution in [0.15, 0.2) is 24.3 Å². The Morgan fingerprint density at radius 1 is 1.04 bits per heavy atom. The smallest absolute Gasteiger partial charge is 0.318 e. The fourth-order valence-corrected chi connectivity index (χ4v) is 2.57. The molecule has 0 fully saturated rings. The lowest BCUT2D eigenvalue weighted by Crippen LogP contribution is -2.45. The predicted octanol–water partition coefficient (Wildman–Crippen LogP) is 3.67. The number of nitrogens with zero attached hydrogens (tertiary/aromatic N) is 1. The zero-order chi connectivity index (χ0) is 19.0. The quantitative estimate of drug-likeness (QED) is 0.753. The lowest BCUT2D eigenvalue weighted by Gasteiger charge is -2.26. The molecular weight excluding hydrogens is 314 g/mol. The van der Waals surface area contributed by atoms with Crippen LogP contribution in [-0.2, 0) is 4.79 Å². The molecule has 1 aromatic rings. The molecule has 0 saturated heterocycles. The van der Waals surface area contributed by atoms with E-state index in [-0.39, 0.29) is 30.4 Å². The van der Waals surface area contributed by atoms with E-state index in [1.807, 2.05) is 6.92 Å². The van der Waals surface area contributed by atoms with Crippen molar-refractivity contribution in [3.63, 3.8) is 0 Å². The molecule has 3 amide bonds.